The summed E-state index contributed by atoms with van der Waals surface area (Å²) in [5.41, 5.74) is 3.10. The second-order valence-electron chi connectivity index (χ2n) is 8.01. The van der Waals surface area contributed by atoms with Gasteiger partial charge in [0.2, 0.25) is 17.7 Å². The Labute approximate surface area is 193 Å². The van der Waals surface area contributed by atoms with Crippen LogP contribution >= 0.6 is 11.3 Å². The summed E-state index contributed by atoms with van der Waals surface area (Å²) in [6.45, 7) is 5.54. The second-order valence-corrected chi connectivity index (χ2v) is 8.96. The molecule has 2 heterocycles. The predicted molar refractivity (Wildman–Crippen MR) is 128 cm³/mol. The van der Waals surface area contributed by atoms with Gasteiger partial charge in [0.05, 0.1) is 6.04 Å². The van der Waals surface area contributed by atoms with Crippen molar-refractivity contribution in [3.05, 3.63) is 63.9 Å². The van der Waals surface area contributed by atoms with Crippen LogP contribution < -0.4 is 10.6 Å². The fourth-order valence-corrected chi connectivity index (χ4v) is 4.49. The van der Waals surface area contributed by atoms with Gasteiger partial charge in [-0.2, -0.15) is 0 Å². The molecule has 3 amide bonds. The van der Waals surface area contributed by atoms with Gasteiger partial charge in [-0.3, -0.25) is 14.4 Å². The molecule has 32 heavy (non-hydrogen) atoms. The fraction of sp³-hybridized carbons (Fsp3) is 0.400. The minimum atomic E-state index is -0.306. The summed E-state index contributed by atoms with van der Waals surface area (Å²) in [7, 11) is 0. The number of benzene rings is 1. The molecule has 0 radical (unpaired) electrons. The molecule has 6 nitrogen and oxygen atoms in total. The Bertz CT molecular complexity index is 969. The SMILES string of the molecule is CCCNC(=O)CCC(=O)NC1CN(C(=O)/C=C(\C)c2cccs2)CCc2ccccc21. The lowest BCUT2D eigenvalue weighted by Gasteiger charge is -2.25. The number of amides is 3. The molecule has 1 aromatic carbocycles. The summed E-state index contributed by atoms with van der Waals surface area (Å²) >= 11 is 1.61. The normalized spacial score (nSPS) is 16.1. The first-order chi connectivity index (χ1) is 15.5. The summed E-state index contributed by atoms with van der Waals surface area (Å²) in [6, 6.07) is 11.7. The zero-order chi connectivity index (χ0) is 22.9. The van der Waals surface area contributed by atoms with E-state index in [4.69, 9.17) is 0 Å². The van der Waals surface area contributed by atoms with Gasteiger partial charge < -0.3 is 15.5 Å². The lowest BCUT2D eigenvalue weighted by molar-refractivity contribution is -0.128. The van der Waals surface area contributed by atoms with Crippen LogP contribution in [0.1, 0.15) is 55.2 Å². The monoisotopic (exact) mass is 453 g/mol. The predicted octanol–water partition coefficient (Wildman–Crippen LogP) is 3.70. The third kappa shape index (κ3) is 6.53. The summed E-state index contributed by atoms with van der Waals surface area (Å²) in [6.07, 6.45) is 3.56. The van der Waals surface area contributed by atoms with Crippen molar-refractivity contribution in [1.82, 2.24) is 15.5 Å². The molecule has 2 N–H and O–H groups in total. The van der Waals surface area contributed by atoms with E-state index in [-0.39, 0.29) is 36.6 Å². The van der Waals surface area contributed by atoms with Gasteiger partial charge in [0.15, 0.2) is 0 Å². The van der Waals surface area contributed by atoms with Gasteiger partial charge in [-0.15, -0.1) is 11.3 Å². The number of carbonyl (C=O) groups excluding carboxylic acids is 3. The Morgan fingerprint density at radius 1 is 1.12 bits per heavy atom. The topological polar surface area (TPSA) is 78.5 Å². The Balaban J connectivity index is 1.69. The van der Waals surface area contributed by atoms with Gasteiger partial charge in [0.25, 0.3) is 0 Å². The Morgan fingerprint density at radius 2 is 1.91 bits per heavy atom. The van der Waals surface area contributed by atoms with Crippen molar-refractivity contribution in [2.45, 2.75) is 45.6 Å². The van der Waals surface area contributed by atoms with E-state index in [1.54, 1.807) is 22.3 Å². The first kappa shape index (κ1) is 23.7. The molecule has 0 bridgehead atoms. The molecule has 0 fully saturated rings. The van der Waals surface area contributed by atoms with E-state index in [1.807, 2.05) is 55.6 Å². The van der Waals surface area contributed by atoms with E-state index >= 15 is 0 Å². The highest BCUT2D eigenvalue weighted by Gasteiger charge is 2.26. The number of fused-ring (bicyclic) bond motifs is 1. The van der Waals surface area contributed by atoms with E-state index < -0.39 is 0 Å². The van der Waals surface area contributed by atoms with Crippen LogP contribution in [0.3, 0.4) is 0 Å². The number of nitrogens with zero attached hydrogens (tertiary/aromatic N) is 1. The van der Waals surface area contributed by atoms with Crippen LogP contribution in [-0.4, -0.2) is 42.3 Å². The van der Waals surface area contributed by atoms with Crippen molar-refractivity contribution in [3.63, 3.8) is 0 Å². The van der Waals surface area contributed by atoms with Crippen LogP contribution in [0, 0.1) is 0 Å². The van der Waals surface area contributed by atoms with Gasteiger partial charge in [0, 0.05) is 43.4 Å². The van der Waals surface area contributed by atoms with Crippen LogP contribution in [0.5, 0.6) is 0 Å². The van der Waals surface area contributed by atoms with Gasteiger partial charge in [-0.1, -0.05) is 37.3 Å². The average molecular weight is 454 g/mol. The molecular weight excluding hydrogens is 422 g/mol. The lowest BCUT2D eigenvalue weighted by Crippen LogP contribution is -2.40. The van der Waals surface area contributed by atoms with Crippen molar-refractivity contribution in [2.24, 2.45) is 0 Å². The standard InChI is InChI=1S/C25H31N3O3S/c1-3-13-26-23(29)10-11-24(30)27-21-17-28(14-12-19-7-4-5-8-20(19)21)25(31)16-18(2)22-9-6-15-32-22/h4-9,15-16,21H,3,10-14,17H2,1-2H3,(H,26,29)(H,27,30)/b18-16+. The highest BCUT2D eigenvalue weighted by Crippen LogP contribution is 2.25. The second kappa shape index (κ2) is 11.6. The average Bonchev–Trinajstić information content (AvgIpc) is 3.27. The van der Waals surface area contributed by atoms with Crippen LogP contribution in [-0.2, 0) is 20.8 Å². The fourth-order valence-electron chi connectivity index (χ4n) is 3.79. The number of allylic oxidation sites excluding steroid dienone is 1. The number of nitrogens with one attached hydrogen (secondary N) is 2. The van der Waals surface area contributed by atoms with Crippen LogP contribution in [0.15, 0.2) is 47.9 Å². The molecule has 3 rings (SSSR count). The van der Waals surface area contributed by atoms with Crippen LogP contribution in [0.4, 0.5) is 0 Å². The summed E-state index contributed by atoms with van der Waals surface area (Å²) in [4.78, 5) is 40.4. The highest BCUT2D eigenvalue weighted by atomic mass is 32.1. The maximum absolute atomic E-state index is 13.0. The maximum Gasteiger partial charge on any atom is 0.246 e. The Hall–Kier alpha value is -2.93. The minimum Gasteiger partial charge on any atom is -0.356 e. The molecular formula is C25H31N3O3S. The van der Waals surface area contributed by atoms with Gasteiger partial charge in [-0.05, 0) is 47.9 Å². The van der Waals surface area contributed by atoms with Crippen molar-refractivity contribution >= 4 is 34.6 Å². The summed E-state index contributed by atoms with van der Waals surface area (Å²) < 4.78 is 0. The van der Waals surface area contributed by atoms with Crippen LogP contribution in [0.25, 0.3) is 5.57 Å². The maximum atomic E-state index is 13.0. The lowest BCUT2D eigenvalue weighted by atomic mass is 9.99. The first-order valence-electron chi connectivity index (χ1n) is 11.1. The van der Waals surface area contributed by atoms with Crippen LogP contribution in [0.2, 0.25) is 0 Å². The minimum absolute atomic E-state index is 0.0538. The van der Waals surface area contributed by atoms with Gasteiger partial charge in [-0.25, -0.2) is 0 Å². The van der Waals surface area contributed by atoms with Crippen molar-refractivity contribution in [1.29, 1.82) is 0 Å². The largest absolute Gasteiger partial charge is 0.356 e. The number of thiophene rings is 1. The zero-order valence-electron chi connectivity index (χ0n) is 18.7. The third-order valence-corrected chi connectivity index (χ3v) is 6.54. The number of carbonyl (C=O) groups is 3. The van der Waals surface area contributed by atoms with Crippen molar-refractivity contribution in [3.8, 4) is 0 Å². The molecule has 0 spiro atoms. The Kier molecular flexibility index (Phi) is 8.62. The number of hydrogen-bond acceptors (Lipinski definition) is 4. The Morgan fingerprint density at radius 3 is 2.66 bits per heavy atom. The van der Waals surface area contributed by atoms with Crippen molar-refractivity contribution in [2.75, 3.05) is 19.6 Å². The van der Waals surface area contributed by atoms with Crippen molar-refractivity contribution < 1.29 is 14.4 Å². The molecule has 0 aliphatic carbocycles. The molecule has 0 saturated heterocycles. The summed E-state index contributed by atoms with van der Waals surface area (Å²) in [5, 5.41) is 7.85. The first-order valence-corrected chi connectivity index (χ1v) is 12.0. The quantitative estimate of drug-likeness (QED) is 0.598. The molecule has 1 aliphatic rings. The van der Waals surface area contributed by atoms with E-state index in [9.17, 15) is 14.4 Å². The van der Waals surface area contributed by atoms with E-state index in [0.29, 0.717) is 19.6 Å². The molecule has 1 unspecified atom stereocenters. The molecule has 1 aromatic heterocycles. The molecule has 0 saturated carbocycles. The van der Waals surface area contributed by atoms with E-state index in [2.05, 4.69) is 10.6 Å². The molecule has 1 aliphatic heterocycles. The highest BCUT2D eigenvalue weighted by molar-refractivity contribution is 7.11. The summed E-state index contributed by atoms with van der Waals surface area (Å²) in [5.74, 6) is -0.354. The number of hydrogen-bond donors (Lipinski definition) is 2. The molecule has 7 heteroatoms. The molecule has 2 aromatic rings. The number of rotatable bonds is 8. The zero-order valence-corrected chi connectivity index (χ0v) is 19.5. The smallest absolute Gasteiger partial charge is 0.246 e. The van der Waals surface area contributed by atoms with E-state index in [0.717, 1.165) is 34.4 Å². The van der Waals surface area contributed by atoms with Gasteiger partial charge in [0.1, 0.15) is 0 Å². The third-order valence-electron chi connectivity index (χ3n) is 5.53. The molecule has 1 atom stereocenters. The molecule has 170 valence electrons. The van der Waals surface area contributed by atoms with E-state index in [1.165, 1.54) is 0 Å². The van der Waals surface area contributed by atoms with Gasteiger partial charge >= 0.3 is 0 Å².